The van der Waals surface area contributed by atoms with E-state index >= 15 is 0 Å². The lowest BCUT2D eigenvalue weighted by molar-refractivity contribution is -0.140. The molecule has 2 heterocycles. The van der Waals surface area contributed by atoms with Crippen LogP contribution in [0.25, 0.3) is 0 Å². The number of carbonyl (C=O) groups is 2. The summed E-state index contributed by atoms with van der Waals surface area (Å²) in [6.07, 6.45) is 1.23. The van der Waals surface area contributed by atoms with Crippen molar-refractivity contribution in [1.82, 2.24) is 14.9 Å². The van der Waals surface area contributed by atoms with E-state index in [1.807, 2.05) is 30.3 Å². The SMILES string of the molecule is O=C(NCCCc1ccccc1)C(=O)NCC1OCCCN1S(=O)(=O)c1cccs1. The second-order valence-corrected chi connectivity index (χ2v) is 9.85. The van der Waals surface area contributed by atoms with Crippen LogP contribution < -0.4 is 10.6 Å². The number of sulfonamides is 1. The molecule has 2 aromatic rings. The summed E-state index contributed by atoms with van der Waals surface area (Å²) < 4.78 is 32.6. The van der Waals surface area contributed by atoms with Crippen molar-refractivity contribution in [3.8, 4) is 0 Å². The zero-order valence-electron chi connectivity index (χ0n) is 16.5. The van der Waals surface area contributed by atoms with Crippen molar-refractivity contribution < 1.29 is 22.7 Å². The van der Waals surface area contributed by atoms with Gasteiger partial charge in [0.2, 0.25) is 0 Å². The molecule has 0 radical (unpaired) electrons. The van der Waals surface area contributed by atoms with E-state index in [-0.39, 0.29) is 10.8 Å². The van der Waals surface area contributed by atoms with Crippen molar-refractivity contribution in [3.63, 3.8) is 0 Å². The van der Waals surface area contributed by atoms with Gasteiger partial charge in [0.1, 0.15) is 10.4 Å². The van der Waals surface area contributed by atoms with Crippen molar-refractivity contribution >= 4 is 33.2 Å². The molecule has 8 nitrogen and oxygen atoms in total. The monoisotopic (exact) mass is 451 g/mol. The first-order valence-electron chi connectivity index (χ1n) is 9.75. The fraction of sp³-hybridized carbons (Fsp3) is 0.400. The van der Waals surface area contributed by atoms with Crippen molar-refractivity contribution in [2.45, 2.75) is 29.7 Å². The van der Waals surface area contributed by atoms with E-state index in [1.54, 1.807) is 11.4 Å². The predicted molar refractivity (Wildman–Crippen MR) is 113 cm³/mol. The van der Waals surface area contributed by atoms with Crippen LogP contribution in [0.4, 0.5) is 0 Å². The molecule has 3 rings (SSSR count). The third-order valence-electron chi connectivity index (χ3n) is 4.63. The van der Waals surface area contributed by atoms with E-state index in [0.29, 0.717) is 32.5 Å². The second-order valence-electron chi connectivity index (χ2n) is 6.78. The van der Waals surface area contributed by atoms with Gasteiger partial charge in [-0.3, -0.25) is 9.59 Å². The van der Waals surface area contributed by atoms with Gasteiger partial charge in [0.05, 0.1) is 13.2 Å². The lowest BCUT2D eigenvalue weighted by atomic mass is 10.1. The molecule has 2 N–H and O–H groups in total. The first kappa shape index (κ1) is 22.4. The molecular formula is C20H25N3O5S2. The average Bonchev–Trinajstić information content (AvgIpc) is 3.32. The predicted octanol–water partition coefficient (Wildman–Crippen LogP) is 1.35. The molecule has 1 aromatic heterocycles. The number of rotatable bonds is 8. The topological polar surface area (TPSA) is 105 Å². The van der Waals surface area contributed by atoms with E-state index in [4.69, 9.17) is 4.74 Å². The first-order chi connectivity index (χ1) is 14.5. The molecule has 1 aliphatic heterocycles. The fourth-order valence-corrected chi connectivity index (χ4v) is 5.79. The van der Waals surface area contributed by atoms with Crippen LogP contribution in [0, 0.1) is 0 Å². The molecule has 1 saturated heterocycles. The Morgan fingerprint density at radius 3 is 2.60 bits per heavy atom. The van der Waals surface area contributed by atoms with Gasteiger partial charge in [-0.1, -0.05) is 36.4 Å². The van der Waals surface area contributed by atoms with Gasteiger partial charge in [0.25, 0.3) is 10.0 Å². The highest BCUT2D eigenvalue weighted by Crippen LogP contribution is 2.25. The number of benzene rings is 1. The fourth-order valence-electron chi connectivity index (χ4n) is 3.11. The van der Waals surface area contributed by atoms with Crippen LogP contribution in [0.15, 0.2) is 52.1 Å². The molecule has 0 bridgehead atoms. The molecule has 0 spiro atoms. The average molecular weight is 452 g/mol. The van der Waals surface area contributed by atoms with Crippen molar-refractivity contribution in [2.24, 2.45) is 0 Å². The lowest BCUT2D eigenvalue weighted by Gasteiger charge is -2.34. The number of nitrogens with zero attached hydrogens (tertiary/aromatic N) is 1. The van der Waals surface area contributed by atoms with Gasteiger partial charge < -0.3 is 15.4 Å². The van der Waals surface area contributed by atoms with Gasteiger partial charge in [0, 0.05) is 13.1 Å². The Bertz CT molecular complexity index is 933. The van der Waals surface area contributed by atoms with Crippen LogP contribution >= 0.6 is 11.3 Å². The third kappa shape index (κ3) is 5.88. The van der Waals surface area contributed by atoms with Gasteiger partial charge in [-0.15, -0.1) is 11.3 Å². The number of aryl methyl sites for hydroxylation is 1. The van der Waals surface area contributed by atoms with Gasteiger partial charge in [-0.2, -0.15) is 4.31 Å². The van der Waals surface area contributed by atoms with E-state index in [1.165, 1.54) is 10.4 Å². The maximum Gasteiger partial charge on any atom is 0.309 e. The lowest BCUT2D eigenvalue weighted by Crippen LogP contribution is -2.53. The number of carbonyl (C=O) groups excluding carboxylic acids is 2. The Hall–Kier alpha value is -2.27. The Kier molecular flexibility index (Phi) is 7.97. The van der Waals surface area contributed by atoms with Crippen LogP contribution in [-0.4, -0.2) is 57.0 Å². The highest BCUT2D eigenvalue weighted by molar-refractivity contribution is 7.91. The van der Waals surface area contributed by atoms with Crippen LogP contribution in [-0.2, 0) is 30.8 Å². The second kappa shape index (κ2) is 10.7. The molecule has 1 aliphatic rings. The van der Waals surface area contributed by atoms with E-state index in [0.717, 1.165) is 23.3 Å². The zero-order valence-corrected chi connectivity index (χ0v) is 18.1. The summed E-state index contributed by atoms with van der Waals surface area (Å²) in [5.74, 6) is -1.55. The van der Waals surface area contributed by atoms with Crippen molar-refractivity contribution in [2.75, 3.05) is 26.2 Å². The number of ether oxygens (including phenoxy) is 1. The Morgan fingerprint density at radius 1 is 1.10 bits per heavy atom. The van der Waals surface area contributed by atoms with Gasteiger partial charge in [-0.25, -0.2) is 8.42 Å². The molecule has 2 amide bonds. The Labute approximate surface area is 180 Å². The normalized spacial score (nSPS) is 17.4. The smallest absolute Gasteiger partial charge is 0.309 e. The summed E-state index contributed by atoms with van der Waals surface area (Å²) in [7, 11) is -3.70. The third-order valence-corrected chi connectivity index (χ3v) is 7.89. The number of hydrogen-bond donors (Lipinski definition) is 2. The minimum absolute atomic E-state index is 0.0964. The number of amides is 2. The van der Waals surface area contributed by atoms with E-state index in [9.17, 15) is 18.0 Å². The summed E-state index contributed by atoms with van der Waals surface area (Å²) in [6.45, 7) is 0.968. The highest BCUT2D eigenvalue weighted by atomic mass is 32.2. The van der Waals surface area contributed by atoms with Gasteiger partial charge in [0.15, 0.2) is 0 Å². The largest absolute Gasteiger partial charge is 0.360 e. The van der Waals surface area contributed by atoms with E-state index in [2.05, 4.69) is 10.6 Å². The van der Waals surface area contributed by atoms with Crippen LogP contribution in [0.1, 0.15) is 18.4 Å². The summed E-state index contributed by atoms with van der Waals surface area (Å²) >= 11 is 1.13. The minimum atomic E-state index is -3.70. The quantitative estimate of drug-likeness (QED) is 0.466. The van der Waals surface area contributed by atoms with Crippen molar-refractivity contribution in [1.29, 1.82) is 0 Å². The standard InChI is InChI=1S/C20H25N3O5S2/c24-19(21-11-4-9-16-7-2-1-3-8-16)20(25)22-15-17-23(12-6-13-28-17)30(26,27)18-10-5-14-29-18/h1-3,5,7-8,10,14,17H,4,6,9,11-13,15H2,(H,21,24)(H,22,25). The summed E-state index contributed by atoms with van der Waals surface area (Å²) in [5, 5.41) is 6.75. The molecule has 1 aromatic carbocycles. The molecule has 1 unspecified atom stereocenters. The Morgan fingerprint density at radius 2 is 1.87 bits per heavy atom. The summed E-state index contributed by atoms with van der Waals surface area (Å²) in [5.41, 5.74) is 1.16. The van der Waals surface area contributed by atoms with E-state index < -0.39 is 28.1 Å². The summed E-state index contributed by atoms with van der Waals surface area (Å²) in [4.78, 5) is 24.1. The Balaban J connectivity index is 1.46. The van der Waals surface area contributed by atoms with Gasteiger partial charge >= 0.3 is 11.8 Å². The molecule has 1 atom stereocenters. The van der Waals surface area contributed by atoms with Gasteiger partial charge in [-0.05, 0) is 36.3 Å². The molecule has 162 valence electrons. The van der Waals surface area contributed by atoms with Crippen LogP contribution in [0.5, 0.6) is 0 Å². The number of nitrogens with one attached hydrogen (secondary N) is 2. The first-order valence-corrected chi connectivity index (χ1v) is 12.1. The van der Waals surface area contributed by atoms with Crippen molar-refractivity contribution in [3.05, 3.63) is 53.4 Å². The summed E-state index contributed by atoms with van der Waals surface area (Å²) in [6, 6.07) is 13.1. The molecular weight excluding hydrogens is 426 g/mol. The number of hydrogen-bond acceptors (Lipinski definition) is 6. The molecule has 0 saturated carbocycles. The number of thiophene rings is 1. The molecule has 30 heavy (non-hydrogen) atoms. The maximum absolute atomic E-state index is 12.8. The van der Waals surface area contributed by atoms with Crippen LogP contribution in [0.3, 0.4) is 0 Å². The molecule has 10 heteroatoms. The zero-order chi connectivity index (χ0) is 21.4. The molecule has 1 fully saturated rings. The van der Waals surface area contributed by atoms with Crippen LogP contribution in [0.2, 0.25) is 0 Å². The highest BCUT2D eigenvalue weighted by Gasteiger charge is 2.35. The molecule has 0 aliphatic carbocycles. The minimum Gasteiger partial charge on any atom is -0.360 e. The maximum atomic E-state index is 12.8.